The average molecular weight is 428 g/mol. The summed E-state index contributed by atoms with van der Waals surface area (Å²) < 4.78 is 7.75. The van der Waals surface area contributed by atoms with Crippen molar-refractivity contribution in [1.29, 1.82) is 0 Å². The van der Waals surface area contributed by atoms with Crippen LogP contribution in [0, 0.1) is 5.41 Å². The van der Waals surface area contributed by atoms with Crippen LogP contribution in [-0.2, 0) is 16.6 Å². The lowest BCUT2D eigenvalue weighted by atomic mass is 10.1. The minimum atomic E-state index is -1.07. The number of fused-ring (bicyclic) bond motifs is 1. The van der Waals surface area contributed by atoms with Crippen LogP contribution < -0.4 is 15.8 Å². The minimum absolute atomic E-state index is 0.372. The van der Waals surface area contributed by atoms with Crippen molar-refractivity contribution in [1.82, 2.24) is 19.7 Å². The van der Waals surface area contributed by atoms with Gasteiger partial charge in [-0.25, -0.2) is 9.97 Å². The third-order valence-electron chi connectivity index (χ3n) is 5.62. The van der Waals surface area contributed by atoms with Gasteiger partial charge in [0.1, 0.15) is 17.5 Å². The van der Waals surface area contributed by atoms with Crippen LogP contribution in [0.5, 0.6) is 11.6 Å². The third-order valence-corrected chi connectivity index (χ3v) is 5.62. The average Bonchev–Trinajstić information content (AvgIpc) is 3.51. The molecule has 32 heavy (non-hydrogen) atoms. The van der Waals surface area contributed by atoms with Crippen LogP contribution in [0.4, 0.5) is 5.69 Å². The molecule has 1 fully saturated rings. The van der Waals surface area contributed by atoms with Gasteiger partial charge in [-0.05, 0) is 54.8 Å². The van der Waals surface area contributed by atoms with Crippen LogP contribution in [-0.4, -0.2) is 31.6 Å². The summed E-state index contributed by atoms with van der Waals surface area (Å²) in [6.07, 6.45) is 6.15. The van der Waals surface area contributed by atoms with E-state index in [9.17, 15) is 9.59 Å². The summed E-state index contributed by atoms with van der Waals surface area (Å²) in [6, 6.07) is 12.7. The molecule has 1 aliphatic rings. The molecule has 2 heterocycles. The number of carbonyl (C=O) groups is 2. The number of amides is 2. The molecule has 4 aromatic rings. The van der Waals surface area contributed by atoms with Crippen molar-refractivity contribution in [2.24, 2.45) is 18.2 Å². The highest BCUT2D eigenvalue weighted by Crippen LogP contribution is 2.46. The van der Waals surface area contributed by atoms with Crippen molar-refractivity contribution in [2.75, 3.05) is 5.32 Å². The van der Waals surface area contributed by atoms with Gasteiger partial charge in [-0.3, -0.25) is 14.3 Å². The van der Waals surface area contributed by atoms with Crippen LogP contribution in [0.1, 0.15) is 12.8 Å². The van der Waals surface area contributed by atoms with E-state index in [-0.39, 0.29) is 5.91 Å². The van der Waals surface area contributed by atoms with Crippen molar-refractivity contribution >= 4 is 28.4 Å². The lowest BCUT2D eigenvalue weighted by Crippen LogP contribution is -2.36. The molecule has 0 bridgehead atoms. The second-order valence-electron chi connectivity index (χ2n) is 7.84. The van der Waals surface area contributed by atoms with Crippen LogP contribution in [0.15, 0.2) is 61.2 Å². The Morgan fingerprint density at radius 3 is 2.53 bits per heavy atom. The van der Waals surface area contributed by atoms with Gasteiger partial charge >= 0.3 is 0 Å². The van der Waals surface area contributed by atoms with Gasteiger partial charge in [0.2, 0.25) is 17.7 Å². The lowest BCUT2D eigenvalue weighted by molar-refractivity contribution is -0.132. The summed E-state index contributed by atoms with van der Waals surface area (Å²) in [6.45, 7) is 0. The second kappa shape index (κ2) is 7.45. The monoisotopic (exact) mass is 428 g/mol. The Kier molecular flexibility index (Phi) is 4.58. The van der Waals surface area contributed by atoms with Crippen LogP contribution in [0.25, 0.3) is 22.0 Å². The largest absolute Gasteiger partial charge is 0.438 e. The first kappa shape index (κ1) is 19.7. The number of benzene rings is 2. The first-order valence-corrected chi connectivity index (χ1v) is 10.1. The molecule has 2 aromatic carbocycles. The molecular weight excluding hydrogens is 408 g/mol. The van der Waals surface area contributed by atoms with Gasteiger partial charge in [0, 0.05) is 24.5 Å². The maximum Gasteiger partial charge on any atom is 0.240 e. The highest BCUT2D eigenvalue weighted by molar-refractivity contribution is 6.12. The van der Waals surface area contributed by atoms with Crippen molar-refractivity contribution in [2.45, 2.75) is 12.8 Å². The molecule has 0 saturated heterocycles. The van der Waals surface area contributed by atoms with Crippen molar-refractivity contribution < 1.29 is 14.3 Å². The summed E-state index contributed by atoms with van der Waals surface area (Å²) in [5.41, 5.74) is 7.56. The van der Waals surface area contributed by atoms with Gasteiger partial charge < -0.3 is 15.8 Å². The Labute approximate surface area is 183 Å². The molecule has 0 radical (unpaired) electrons. The van der Waals surface area contributed by atoms with E-state index in [2.05, 4.69) is 20.4 Å². The first-order chi connectivity index (χ1) is 15.4. The number of primary amides is 1. The Hall–Kier alpha value is -4.27. The highest BCUT2D eigenvalue weighted by atomic mass is 16.5. The maximum absolute atomic E-state index is 12.3. The van der Waals surface area contributed by atoms with Crippen LogP contribution in [0.3, 0.4) is 0 Å². The Bertz CT molecular complexity index is 1340. The van der Waals surface area contributed by atoms with Gasteiger partial charge in [-0.1, -0.05) is 6.07 Å². The molecule has 9 heteroatoms. The third kappa shape index (κ3) is 3.53. The molecular formula is C23H20N6O3. The second-order valence-corrected chi connectivity index (χ2v) is 7.84. The highest BCUT2D eigenvalue weighted by Gasteiger charge is 2.55. The summed E-state index contributed by atoms with van der Waals surface area (Å²) in [5, 5.41) is 7.73. The summed E-state index contributed by atoms with van der Waals surface area (Å²) in [7, 11) is 1.87. The fraction of sp³-hybridized carbons (Fsp3) is 0.174. The molecule has 2 aromatic heterocycles. The van der Waals surface area contributed by atoms with Crippen molar-refractivity contribution in [3.05, 3.63) is 61.2 Å². The number of ether oxygens (including phenoxy) is 1. The number of hydrogen-bond acceptors (Lipinski definition) is 6. The zero-order valence-electron chi connectivity index (χ0n) is 17.3. The van der Waals surface area contributed by atoms with E-state index in [1.165, 1.54) is 6.33 Å². The number of nitrogens with one attached hydrogen (secondary N) is 1. The predicted octanol–water partition coefficient (Wildman–Crippen LogP) is 3.03. The smallest absolute Gasteiger partial charge is 0.240 e. The Morgan fingerprint density at radius 2 is 1.88 bits per heavy atom. The Morgan fingerprint density at radius 1 is 1.09 bits per heavy atom. The molecule has 1 saturated carbocycles. The quantitative estimate of drug-likeness (QED) is 0.455. The topological polar surface area (TPSA) is 125 Å². The zero-order chi connectivity index (χ0) is 22.3. The number of anilines is 1. The molecule has 0 unspecified atom stereocenters. The van der Waals surface area contributed by atoms with E-state index in [1.54, 1.807) is 35.1 Å². The molecule has 9 nitrogen and oxygen atoms in total. The predicted molar refractivity (Wildman–Crippen MR) is 118 cm³/mol. The number of nitrogens with two attached hydrogens (primary N) is 1. The summed E-state index contributed by atoms with van der Waals surface area (Å²) >= 11 is 0. The number of nitrogens with zero attached hydrogens (tertiary/aromatic N) is 4. The molecule has 1 aliphatic carbocycles. The minimum Gasteiger partial charge on any atom is -0.438 e. The van der Waals surface area contributed by atoms with E-state index in [0.717, 1.165) is 22.0 Å². The van der Waals surface area contributed by atoms with Gasteiger partial charge in [0.25, 0.3) is 0 Å². The lowest BCUT2D eigenvalue weighted by Gasteiger charge is -2.12. The fourth-order valence-electron chi connectivity index (χ4n) is 3.54. The first-order valence-electron chi connectivity index (χ1n) is 10.1. The summed E-state index contributed by atoms with van der Waals surface area (Å²) in [5.74, 6) is 0.00800. The molecule has 0 aliphatic heterocycles. The van der Waals surface area contributed by atoms with Crippen LogP contribution >= 0.6 is 0 Å². The number of aryl methyl sites for hydroxylation is 1. The van der Waals surface area contributed by atoms with E-state index < -0.39 is 11.3 Å². The van der Waals surface area contributed by atoms with Crippen molar-refractivity contribution in [3.8, 4) is 22.8 Å². The van der Waals surface area contributed by atoms with Gasteiger partial charge in [0.05, 0.1) is 17.1 Å². The number of aromatic nitrogens is 4. The number of rotatable bonds is 6. The molecule has 0 spiro atoms. The molecule has 0 atom stereocenters. The SMILES string of the molecule is Cn1cc(-c2ccc3ncnc(Oc4ccc(NC(=O)C5(C(N)=O)CC5)cc4)c3c2)cn1. The van der Waals surface area contributed by atoms with Gasteiger partial charge in [-0.15, -0.1) is 0 Å². The van der Waals surface area contributed by atoms with Crippen LogP contribution in [0.2, 0.25) is 0 Å². The maximum atomic E-state index is 12.3. The number of carbonyl (C=O) groups excluding carboxylic acids is 2. The summed E-state index contributed by atoms with van der Waals surface area (Å²) in [4.78, 5) is 32.5. The number of hydrogen-bond donors (Lipinski definition) is 2. The van der Waals surface area contributed by atoms with Gasteiger partial charge in [0.15, 0.2) is 0 Å². The van der Waals surface area contributed by atoms with E-state index in [4.69, 9.17) is 10.5 Å². The zero-order valence-corrected chi connectivity index (χ0v) is 17.3. The van der Waals surface area contributed by atoms with Gasteiger partial charge in [-0.2, -0.15) is 5.10 Å². The molecule has 5 rings (SSSR count). The Balaban J connectivity index is 1.37. The molecule has 160 valence electrons. The molecule has 3 N–H and O–H groups in total. The van der Waals surface area contributed by atoms with E-state index in [1.807, 2.05) is 31.4 Å². The van der Waals surface area contributed by atoms with E-state index in [0.29, 0.717) is 30.2 Å². The molecule has 2 amide bonds. The normalized spacial score (nSPS) is 14.2. The standard InChI is InChI=1S/C23H20N6O3/c1-29-12-15(11-27-29)14-2-7-19-18(10-14)20(26-13-25-19)32-17-5-3-16(4-6-17)28-22(31)23(8-9-23)21(24)30/h2-7,10-13H,8-9H2,1H3,(H2,24,30)(H,28,31). The van der Waals surface area contributed by atoms with Crippen molar-refractivity contribution in [3.63, 3.8) is 0 Å². The van der Waals surface area contributed by atoms with E-state index >= 15 is 0 Å². The fourth-order valence-corrected chi connectivity index (χ4v) is 3.54.